The van der Waals surface area contributed by atoms with Crippen molar-refractivity contribution >= 4 is 17.8 Å². The topological polar surface area (TPSA) is 95.5 Å². The summed E-state index contributed by atoms with van der Waals surface area (Å²) < 4.78 is 0. The van der Waals surface area contributed by atoms with Gasteiger partial charge in [0.05, 0.1) is 0 Å². The van der Waals surface area contributed by atoms with E-state index in [1.165, 1.54) is 0 Å². The van der Waals surface area contributed by atoms with Crippen LogP contribution < -0.4 is 10.6 Å². The summed E-state index contributed by atoms with van der Waals surface area (Å²) in [5.74, 6) is -1.77. The number of rotatable bonds is 5. The number of hydrogen-bond acceptors (Lipinski definition) is 3. The molecule has 0 saturated carbocycles. The van der Waals surface area contributed by atoms with Gasteiger partial charge in [-0.3, -0.25) is 9.59 Å². The molecule has 17 heavy (non-hydrogen) atoms. The van der Waals surface area contributed by atoms with Crippen LogP contribution >= 0.6 is 0 Å². The van der Waals surface area contributed by atoms with Gasteiger partial charge in [-0.1, -0.05) is 20.3 Å². The first kappa shape index (κ1) is 13.5. The lowest BCUT2D eigenvalue weighted by Crippen LogP contribution is -2.51. The zero-order valence-electron chi connectivity index (χ0n) is 10.0. The molecule has 6 nitrogen and oxygen atoms in total. The molecule has 0 aromatic heterocycles. The molecular formula is C11H18N2O4. The van der Waals surface area contributed by atoms with E-state index in [1.807, 2.05) is 6.92 Å². The molecule has 1 aliphatic rings. The van der Waals surface area contributed by atoms with Crippen LogP contribution in [0, 0.1) is 5.92 Å². The van der Waals surface area contributed by atoms with Crippen molar-refractivity contribution in [3.05, 3.63) is 0 Å². The highest BCUT2D eigenvalue weighted by atomic mass is 16.4. The second-order valence-corrected chi connectivity index (χ2v) is 4.37. The molecule has 2 unspecified atom stereocenters. The van der Waals surface area contributed by atoms with Gasteiger partial charge in [0.1, 0.15) is 12.1 Å². The number of hydrogen-bond donors (Lipinski definition) is 3. The predicted octanol–water partition coefficient (Wildman–Crippen LogP) is -0.119. The predicted molar refractivity (Wildman–Crippen MR) is 60.2 cm³/mol. The number of nitrogens with one attached hydrogen (secondary N) is 2. The van der Waals surface area contributed by atoms with Crippen LogP contribution in [0.1, 0.15) is 33.1 Å². The molecule has 96 valence electrons. The van der Waals surface area contributed by atoms with E-state index in [2.05, 4.69) is 10.6 Å². The minimum absolute atomic E-state index is 0.145. The fourth-order valence-electron chi connectivity index (χ4n) is 1.75. The fourth-order valence-corrected chi connectivity index (χ4v) is 1.75. The molecule has 1 saturated heterocycles. The SMILES string of the molecule is CCC(C)C(NC(=O)[C@H]1CCC(=O)N1)C(=O)O. The van der Waals surface area contributed by atoms with Crippen LogP contribution in [0.5, 0.6) is 0 Å². The molecule has 3 atom stereocenters. The molecular weight excluding hydrogens is 224 g/mol. The summed E-state index contributed by atoms with van der Waals surface area (Å²) in [6.45, 7) is 3.64. The highest BCUT2D eigenvalue weighted by Crippen LogP contribution is 2.11. The Hall–Kier alpha value is -1.59. The Bertz CT molecular complexity index is 329. The number of carboxylic acid groups (broad SMARTS) is 1. The molecule has 1 heterocycles. The quantitative estimate of drug-likeness (QED) is 0.626. The normalized spacial score (nSPS) is 22.7. The molecule has 6 heteroatoms. The molecule has 0 spiro atoms. The van der Waals surface area contributed by atoms with Crippen molar-refractivity contribution in [1.29, 1.82) is 0 Å². The van der Waals surface area contributed by atoms with E-state index < -0.39 is 24.0 Å². The van der Waals surface area contributed by atoms with E-state index in [0.717, 1.165) is 0 Å². The van der Waals surface area contributed by atoms with Gasteiger partial charge in [-0.2, -0.15) is 0 Å². The van der Waals surface area contributed by atoms with Gasteiger partial charge in [-0.25, -0.2) is 4.79 Å². The first-order valence-corrected chi connectivity index (χ1v) is 5.78. The molecule has 1 aliphatic heterocycles. The molecule has 0 bridgehead atoms. The standard InChI is InChI=1S/C11H18N2O4/c1-3-6(2)9(11(16)17)13-10(15)7-4-5-8(14)12-7/h6-7,9H,3-5H2,1-2H3,(H,12,14)(H,13,15)(H,16,17)/t6?,7-,9?/m1/s1. The average Bonchev–Trinajstić information content (AvgIpc) is 2.71. The first-order chi connectivity index (χ1) is 7.95. The van der Waals surface area contributed by atoms with Crippen molar-refractivity contribution in [2.24, 2.45) is 5.92 Å². The lowest BCUT2D eigenvalue weighted by atomic mass is 9.99. The summed E-state index contributed by atoms with van der Waals surface area (Å²) in [6, 6.07) is -1.49. The zero-order valence-corrected chi connectivity index (χ0v) is 10.0. The highest BCUT2D eigenvalue weighted by molar-refractivity contribution is 5.92. The van der Waals surface area contributed by atoms with Crippen LogP contribution in [0.15, 0.2) is 0 Å². The van der Waals surface area contributed by atoms with Gasteiger partial charge in [0.15, 0.2) is 0 Å². The maximum Gasteiger partial charge on any atom is 0.326 e. The smallest absolute Gasteiger partial charge is 0.326 e. The van der Waals surface area contributed by atoms with Gasteiger partial charge < -0.3 is 15.7 Å². The molecule has 1 rings (SSSR count). The van der Waals surface area contributed by atoms with Crippen molar-refractivity contribution in [3.8, 4) is 0 Å². The van der Waals surface area contributed by atoms with E-state index in [-0.39, 0.29) is 11.8 Å². The number of carbonyl (C=O) groups is 3. The van der Waals surface area contributed by atoms with E-state index in [4.69, 9.17) is 5.11 Å². The summed E-state index contributed by atoms with van der Waals surface area (Å²) in [5, 5.41) is 14.0. The largest absolute Gasteiger partial charge is 0.480 e. The summed E-state index contributed by atoms with van der Waals surface area (Å²) in [6.07, 6.45) is 1.41. The third-order valence-corrected chi connectivity index (χ3v) is 3.09. The van der Waals surface area contributed by atoms with Crippen molar-refractivity contribution in [2.45, 2.75) is 45.2 Å². The number of amides is 2. The zero-order chi connectivity index (χ0) is 13.0. The van der Waals surface area contributed by atoms with Crippen molar-refractivity contribution in [2.75, 3.05) is 0 Å². The molecule has 0 aromatic rings. The summed E-state index contributed by atoms with van der Waals surface area (Å²) in [7, 11) is 0. The minimum Gasteiger partial charge on any atom is -0.480 e. The summed E-state index contributed by atoms with van der Waals surface area (Å²) in [5.41, 5.74) is 0. The minimum atomic E-state index is -1.04. The molecule has 1 fully saturated rings. The number of aliphatic carboxylic acids is 1. The fraction of sp³-hybridized carbons (Fsp3) is 0.727. The first-order valence-electron chi connectivity index (χ1n) is 5.78. The number of carboxylic acids is 1. The maximum absolute atomic E-state index is 11.7. The Balaban J connectivity index is 2.58. The Morgan fingerprint density at radius 2 is 2.24 bits per heavy atom. The molecule has 0 radical (unpaired) electrons. The average molecular weight is 242 g/mol. The number of carbonyl (C=O) groups excluding carboxylic acids is 2. The second kappa shape index (κ2) is 5.65. The Morgan fingerprint density at radius 3 is 2.65 bits per heavy atom. The van der Waals surface area contributed by atoms with Gasteiger partial charge in [0, 0.05) is 6.42 Å². The van der Waals surface area contributed by atoms with E-state index in [9.17, 15) is 14.4 Å². The van der Waals surface area contributed by atoms with Crippen molar-refractivity contribution < 1.29 is 19.5 Å². The highest BCUT2D eigenvalue weighted by Gasteiger charge is 2.32. The molecule has 0 aromatic carbocycles. The van der Waals surface area contributed by atoms with E-state index in [0.29, 0.717) is 19.3 Å². The van der Waals surface area contributed by atoms with Crippen molar-refractivity contribution in [3.63, 3.8) is 0 Å². The van der Waals surface area contributed by atoms with Crippen LogP contribution in [0.4, 0.5) is 0 Å². The lowest BCUT2D eigenvalue weighted by Gasteiger charge is -2.21. The van der Waals surface area contributed by atoms with E-state index >= 15 is 0 Å². The van der Waals surface area contributed by atoms with Gasteiger partial charge in [0.25, 0.3) is 0 Å². The third kappa shape index (κ3) is 3.44. The van der Waals surface area contributed by atoms with Crippen molar-refractivity contribution in [1.82, 2.24) is 10.6 Å². The lowest BCUT2D eigenvalue weighted by molar-refractivity contribution is -0.143. The van der Waals surface area contributed by atoms with Crippen LogP contribution in [-0.2, 0) is 14.4 Å². The van der Waals surface area contributed by atoms with Gasteiger partial charge in [0.2, 0.25) is 11.8 Å². The van der Waals surface area contributed by atoms with E-state index in [1.54, 1.807) is 6.92 Å². The van der Waals surface area contributed by atoms with Gasteiger partial charge in [-0.15, -0.1) is 0 Å². The summed E-state index contributed by atoms with van der Waals surface area (Å²) in [4.78, 5) is 33.7. The Kier molecular flexibility index (Phi) is 4.48. The van der Waals surface area contributed by atoms with Gasteiger partial charge >= 0.3 is 5.97 Å². The summed E-state index contributed by atoms with van der Waals surface area (Å²) >= 11 is 0. The second-order valence-electron chi connectivity index (χ2n) is 4.37. The molecule has 3 N–H and O–H groups in total. The third-order valence-electron chi connectivity index (χ3n) is 3.09. The van der Waals surface area contributed by atoms with Crippen LogP contribution in [0.2, 0.25) is 0 Å². The maximum atomic E-state index is 11.7. The molecule has 2 amide bonds. The van der Waals surface area contributed by atoms with Crippen LogP contribution in [0.25, 0.3) is 0 Å². The van der Waals surface area contributed by atoms with Crippen LogP contribution in [0.3, 0.4) is 0 Å². The Morgan fingerprint density at radius 1 is 1.59 bits per heavy atom. The molecule has 0 aliphatic carbocycles. The van der Waals surface area contributed by atoms with Gasteiger partial charge in [-0.05, 0) is 12.3 Å². The van der Waals surface area contributed by atoms with Crippen LogP contribution in [-0.4, -0.2) is 35.0 Å². The Labute approximate surface area is 99.8 Å². The monoisotopic (exact) mass is 242 g/mol.